The minimum absolute atomic E-state index is 0.683. The van der Waals surface area contributed by atoms with E-state index in [0.29, 0.717) is 0 Å². The van der Waals surface area contributed by atoms with Crippen LogP contribution in [0.5, 0.6) is 0 Å². The summed E-state index contributed by atoms with van der Waals surface area (Å²) in [5.74, 6) is 0. The maximum atomic E-state index is 7.35. The van der Waals surface area contributed by atoms with Gasteiger partial charge in [-0.2, -0.15) is 0 Å². The molecule has 0 saturated heterocycles. The first-order chi connectivity index (χ1) is 7.29. The Bertz CT molecular complexity index is 314. The van der Waals surface area contributed by atoms with E-state index in [9.17, 15) is 0 Å². The number of rotatable bonds is 0. The highest BCUT2D eigenvalue weighted by atomic mass is 13.7. The average Bonchev–Trinajstić information content (AvgIpc) is 2.30. The lowest BCUT2D eigenvalue weighted by Crippen LogP contribution is -1.55. The van der Waals surface area contributed by atoms with Crippen molar-refractivity contribution in [2.75, 3.05) is 0 Å². The van der Waals surface area contributed by atoms with Gasteiger partial charge in [0.1, 0.15) is 0 Å². The van der Waals surface area contributed by atoms with Gasteiger partial charge in [-0.3, -0.25) is 0 Å². The zero-order valence-electron chi connectivity index (χ0n) is 12.0. The van der Waals surface area contributed by atoms with E-state index >= 15 is 0 Å². The smallest absolute Gasteiger partial charge is 0.0623 e. The molecule has 1 rings (SSSR count). The van der Waals surface area contributed by atoms with Gasteiger partial charge >= 0.3 is 0 Å². The lowest BCUT2D eigenvalue weighted by Gasteiger charge is -1.77. The van der Waals surface area contributed by atoms with Crippen LogP contribution in [0, 0.1) is 0 Å². The molecule has 0 aromatic heterocycles. The third kappa shape index (κ3) is 1.61. The molecule has 1 aliphatic rings. The summed E-state index contributed by atoms with van der Waals surface area (Å²) in [5, 5.41) is 0. The molecule has 0 aliphatic heterocycles. The molecule has 8 heavy (non-hydrogen) atoms. The Balaban J connectivity index is 3.67. The topological polar surface area (TPSA) is 0 Å². The van der Waals surface area contributed by atoms with Crippen molar-refractivity contribution in [2.24, 2.45) is 0 Å². The van der Waals surface area contributed by atoms with Crippen molar-refractivity contribution < 1.29 is 11.0 Å². The molecule has 0 atom stereocenters. The van der Waals surface area contributed by atoms with Crippen LogP contribution in [0.4, 0.5) is 0 Å². The van der Waals surface area contributed by atoms with E-state index in [2.05, 4.69) is 0 Å². The Morgan fingerprint density at radius 1 is 0.500 bits per heavy atom. The van der Waals surface area contributed by atoms with Gasteiger partial charge < -0.3 is 0 Å². The summed E-state index contributed by atoms with van der Waals surface area (Å²) in [5.41, 5.74) is 0. The lowest BCUT2D eigenvalue weighted by molar-refractivity contribution is 1.81. The fourth-order valence-corrected chi connectivity index (χ4v) is 0.250. The molecule has 40 valence electrons. The van der Waals surface area contributed by atoms with Crippen LogP contribution >= 0.6 is 0 Å². The van der Waals surface area contributed by atoms with E-state index in [1.807, 2.05) is 0 Å². The fourth-order valence-electron chi connectivity index (χ4n) is 0.250. The van der Waals surface area contributed by atoms with E-state index in [1.54, 1.807) is 0 Å². The Labute approximate surface area is 60.8 Å². The van der Waals surface area contributed by atoms with Crippen molar-refractivity contribution in [3.05, 3.63) is 48.4 Å². The van der Waals surface area contributed by atoms with Gasteiger partial charge in [-0.05, 0) is 0 Å². The predicted octanol–water partition coefficient (Wildman–Crippen LogP) is 2.22. The van der Waals surface area contributed by atoms with Crippen LogP contribution in [-0.2, 0) is 0 Å². The first-order valence-electron chi connectivity index (χ1n) is 6.00. The van der Waals surface area contributed by atoms with Crippen LogP contribution in [0.2, 0.25) is 0 Å². The minimum Gasteiger partial charge on any atom is -0.0623 e. The highest BCUT2D eigenvalue weighted by Crippen LogP contribution is 1.87. The molecule has 0 N–H and O–H groups in total. The van der Waals surface area contributed by atoms with Crippen LogP contribution in [0.1, 0.15) is 11.0 Å². The molecule has 0 heteroatoms. The van der Waals surface area contributed by atoms with E-state index < -0.39 is 48.4 Å². The molecule has 0 heterocycles. The van der Waals surface area contributed by atoms with Gasteiger partial charge in [0.2, 0.25) is 0 Å². The van der Waals surface area contributed by atoms with E-state index in [0.717, 1.165) is 0 Å². The zero-order valence-corrected chi connectivity index (χ0v) is 4.00. The van der Waals surface area contributed by atoms with Crippen LogP contribution in [0.3, 0.4) is 0 Å². The zero-order chi connectivity index (χ0) is 12.6. The molecule has 0 unspecified atom stereocenters. The molecule has 0 spiro atoms. The average molecular weight is 112 g/mol. The second-order valence-electron chi connectivity index (χ2n) is 1.00. The Morgan fingerprint density at radius 2 is 0.625 bits per heavy atom. The molecule has 0 aromatic rings. The van der Waals surface area contributed by atoms with Gasteiger partial charge in [0, 0.05) is 0 Å². The maximum Gasteiger partial charge on any atom is 0.0623 e. The van der Waals surface area contributed by atoms with Crippen LogP contribution in [-0.4, -0.2) is 0 Å². The van der Waals surface area contributed by atoms with E-state index in [4.69, 9.17) is 11.0 Å². The van der Waals surface area contributed by atoms with Crippen molar-refractivity contribution in [2.45, 2.75) is 0 Å². The summed E-state index contributed by atoms with van der Waals surface area (Å²) in [4.78, 5) is 0. The second kappa shape index (κ2) is 3.03. The molecule has 0 aromatic carbocycles. The fraction of sp³-hybridized carbons (Fsp3) is 0. The molecule has 0 radical (unpaired) electrons. The van der Waals surface area contributed by atoms with Gasteiger partial charge in [0.05, 0.1) is 11.0 Å². The van der Waals surface area contributed by atoms with Crippen molar-refractivity contribution in [3.63, 3.8) is 0 Å². The van der Waals surface area contributed by atoms with Crippen LogP contribution in [0.25, 0.3) is 0 Å². The number of hydrogen-bond donors (Lipinski definition) is 0. The monoisotopic (exact) mass is 112 g/mol. The molecule has 1 aliphatic carbocycles. The van der Waals surface area contributed by atoms with Gasteiger partial charge in [-0.25, -0.2) is 0 Å². The molecule has 0 fully saturated rings. The Morgan fingerprint density at radius 3 is 0.750 bits per heavy atom. The molecule has 0 saturated carbocycles. The van der Waals surface area contributed by atoms with E-state index in [-0.39, 0.29) is 0 Å². The van der Waals surface area contributed by atoms with Gasteiger partial charge in [0.25, 0.3) is 0 Å². The van der Waals surface area contributed by atoms with Crippen molar-refractivity contribution in [1.29, 1.82) is 0 Å². The summed E-state index contributed by atoms with van der Waals surface area (Å²) < 4.78 is 58.8. The highest BCUT2D eigenvalue weighted by molar-refractivity contribution is 5.23. The third-order valence-electron chi connectivity index (χ3n) is 0.500. The maximum absolute atomic E-state index is 7.35. The lowest BCUT2D eigenvalue weighted by atomic mass is 10.3. The highest BCUT2D eigenvalue weighted by Gasteiger charge is 1.65. The first-order valence-corrected chi connectivity index (χ1v) is 2.00. The normalized spacial score (nSPS) is 76.0. The van der Waals surface area contributed by atoms with Crippen LogP contribution < -0.4 is 0 Å². The summed E-state index contributed by atoms with van der Waals surface area (Å²) in [7, 11) is 0. The van der Waals surface area contributed by atoms with Crippen molar-refractivity contribution in [3.8, 4) is 0 Å². The molecule has 0 bridgehead atoms. The molecular formula is C8H8. The Kier molecular flexibility index (Phi) is 0.418. The molecule has 0 nitrogen and oxygen atoms in total. The van der Waals surface area contributed by atoms with Gasteiger partial charge in [0.15, 0.2) is 0 Å². The number of hydrogen-bond acceptors (Lipinski definition) is 0. The second-order valence-corrected chi connectivity index (χ2v) is 1.00. The minimum atomic E-state index is -0.683. The summed E-state index contributed by atoms with van der Waals surface area (Å²) in [6.07, 6.45) is 0. The quantitative estimate of drug-likeness (QED) is 0.450. The molecular weight excluding hydrogens is 96.1 g/mol. The largest absolute Gasteiger partial charge is 0.0623 e. The summed E-state index contributed by atoms with van der Waals surface area (Å²) in [6.45, 7) is 0. The predicted molar refractivity (Wildman–Crippen MR) is 36.6 cm³/mol. The van der Waals surface area contributed by atoms with Crippen molar-refractivity contribution >= 4 is 0 Å². The third-order valence-corrected chi connectivity index (χ3v) is 0.500. The van der Waals surface area contributed by atoms with Gasteiger partial charge in [-0.1, -0.05) is 48.4 Å². The van der Waals surface area contributed by atoms with Crippen molar-refractivity contribution in [1.82, 2.24) is 0 Å². The SMILES string of the molecule is [2H]C1=C([2H])/C([2H])=C([2H])\C([2H])=C([2H])/C([2H])=C\1[2H]. The molecule has 0 amide bonds. The van der Waals surface area contributed by atoms with E-state index in [1.165, 1.54) is 0 Å². The summed E-state index contributed by atoms with van der Waals surface area (Å²) in [6, 6.07) is -5.47. The summed E-state index contributed by atoms with van der Waals surface area (Å²) >= 11 is 0. The van der Waals surface area contributed by atoms with Crippen LogP contribution in [0.15, 0.2) is 48.4 Å². The first kappa shape index (κ1) is 1.10. The number of allylic oxidation sites excluding steroid dienone is 8. The standard InChI is InChI=1S/C8H8/c1-2-4-6-8-7-5-3-1/h1-8H/b2-1-,3-1?,4-2?,5-3-,6-4-,7-5?,8-6?,8-7-/i1D,2D,3D,4D,5D,6D,7D,8D. The Hall–Kier alpha value is -1.04. The van der Waals surface area contributed by atoms with Gasteiger partial charge in [-0.15, -0.1) is 0 Å².